The Kier molecular flexibility index (Phi) is 6.22. The molecule has 0 atom stereocenters. The van der Waals surface area contributed by atoms with Gasteiger partial charge in [0.15, 0.2) is 0 Å². The van der Waals surface area contributed by atoms with E-state index in [1.165, 1.54) is 24.3 Å². The first-order valence-electron chi connectivity index (χ1n) is 8.35. The number of nitrogens with zero attached hydrogens (tertiary/aromatic N) is 1. The average molecular weight is 389 g/mol. The highest BCUT2D eigenvalue weighted by atomic mass is 32.2. The highest BCUT2D eigenvalue weighted by Gasteiger charge is 2.21. The molecular formula is C19H23N3O4S. The fourth-order valence-corrected chi connectivity index (χ4v) is 3.33. The van der Waals surface area contributed by atoms with Gasteiger partial charge in [0.2, 0.25) is 21.8 Å². The first-order valence-corrected chi connectivity index (χ1v) is 10.2. The molecule has 0 bridgehead atoms. The Bertz CT molecular complexity index is 920. The van der Waals surface area contributed by atoms with Crippen molar-refractivity contribution in [3.8, 4) is 0 Å². The van der Waals surface area contributed by atoms with Gasteiger partial charge >= 0.3 is 0 Å². The monoisotopic (exact) mass is 389 g/mol. The number of hydrogen-bond acceptors (Lipinski definition) is 4. The van der Waals surface area contributed by atoms with Crippen molar-refractivity contribution in [2.75, 3.05) is 22.4 Å². The largest absolute Gasteiger partial charge is 0.366 e. The summed E-state index contributed by atoms with van der Waals surface area (Å²) in [6.45, 7) is 3.72. The van der Waals surface area contributed by atoms with Gasteiger partial charge in [0.05, 0.1) is 11.9 Å². The van der Waals surface area contributed by atoms with E-state index in [-0.39, 0.29) is 6.54 Å². The highest BCUT2D eigenvalue weighted by Crippen LogP contribution is 2.22. The van der Waals surface area contributed by atoms with Crippen LogP contribution in [0.1, 0.15) is 35.7 Å². The minimum Gasteiger partial charge on any atom is -0.366 e. The van der Waals surface area contributed by atoms with Gasteiger partial charge in [-0.05, 0) is 47.9 Å². The molecule has 0 aliphatic heterocycles. The van der Waals surface area contributed by atoms with Gasteiger partial charge in [-0.3, -0.25) is 13.9 Å². The molecule has 0 saturated heterocycles. The Morgan fingerprint density at radius 2 is 1.59 bits per heavy atom. The molecule has 0 heterocycles. The lowest BCUT2D eigenvalue weighted by molar-refractivity contribution is -0.114. The van der Waals surface area contributed by atoms with Crippen molar-refractivity contribution in [1.29, 1.82) is 0 Å². The predicted molar refractivity (Wildman–Crippen MR) is 106 cm³/mol. The van der Waals surface area contributed by atoms with Crippen molar-refractivity contribution < 1.29 is 18.0 Å². The highest BCUT2D eigenvalue weighted by molar-refractivity contribution is 7.92. The molecule has 144 valence electrons. The number of benzene rings is 2. The second kappa shape index (κ2) is 8.22. The first-order chi connectivity index (χ1) is 12.6. The summed E-state index contributed by atoms with van der Waals surface area (Å²) in [6, 6.07) is 13.1. The Balaban J connectivity index is 2.16. The lowest BCUT2D eigenvalue weighted by atomic mass is 10.0. The van der Waals surface area contributed by atoms with E-state index in [1.54, 1.807) is 12.1 Å². The van der Waals surface area contributed by atoms with Crippen molar-refractivity contribution in [3.05, 3.63) is 59.7 Å². The van der Waals surface area contributed by atoms with Crippen LogP contribution >= 0.6 is 0 Å². The van der Waals surface area contributed by atoms with E-state index < -0.39 is 21.8 Å². The summed E-state index contributed by atoms with van der Waals surface area (Å²) in [5, 5.41) is 2.61. The number of hydrogen-bond donors (Lipinski definition) is 2. The average Bonchev–Trinajstić information content (AvgIpc) is 2.59. The van der Waals surface area contributed by atoms with Crippen molar-refractivity contribution in [1.82, 2.24) is 0 Å². The Morgan fingerprint density at radius 1 is 1.04 bits per heavy atom. The molecule has 0 aliphatic rings. The number of nitrogens with one attached hydrogen (secondary N) is 1. The van der Waals surface area contributed by atoms with Gasteiger partial charge in [0.1, 0.15) is 6.54 Å². The van der Waals surface area contributed by atoms with Crippen LogP contribution in [-0.2, 0) is 14.8 Å². The molecule has 2 aromatic carbocycles. The summed E-state index contributed by atoms with van der Waals surface area (Å²) in [5.41, 5.74) is 7.42. The number of sulfonamides is 1. The smallest absolute Gasteiger partial charge is 0.248 e. The van der Waals surface area contributed by atoms with Crippen molar-refractivity contribution in [2.24, 2.45) is 5.73 Å². The zero-order chi connectivity index (χ0) is 20.2. The Morgan fingerprint density at radius 3 is 2.04 bits per heavy atom. The van der Waals surface area contributed by atoms with E-state index in [4.69, 9.17) is 5.73 Å². The molecule has 0 fully saturated rings. The third-order valence-corrected chi connectivity index (χ3v) is 5.13. The molecule has 2 amide bonds. The zero-order valence-electron chi connectivity index (χ0n) is 15.5. The van der Waals surface area contributed by atoms with Gasteiger partial charge in [-0.15, -0.1) is 0 Å². The second-order valence-electron chi connectivity index (χ2n) is 6.51. The summed E-state index contributed by atoms with van der Waals surface area (Å²) < 4.78 is 25.4. The number of anilines is 2. The Hall–Kier alpha value is -2.87. The fraction of sp³-hybridized carbons (Fsp3) is 0.263. The van der Waals surface area contributed by atoms with Crippen LogP contribution in [0.15, 0.2) is 48.5 Å². The molecule has 3 N–H and O–H groups in total. The molecule has 0 saturated carbocycles. The van der Waals surface area contributed by atoms with Crippen molar-refractivity contribution in [2.45, 2.75) is 19.8 Å². The van der Waals surface area contributed by atoms with Crippen LogP contribution < -0.4 is 15.4 Å². The quantitative estimate of drug-likeness (QED) is 0.757. The van der Waals surface area contributed by atoms with Crippen LogP contribution in [0, 0.1) is 0 Å². The number of nitrogens with two attached hydrogens (primary N) is 1. The van der Waals surface area contributed by atoms with E-state index in [2.05, 4.69) is 5.32 Å². The minimum atomic E-state index is -3.65. The third kappa shape index (κ3) is 5.55. The van der Waals surface area contributed by atoms with Gasteiger partial charge in [-0.25, -0.2) is 8.42 Å². The van der Waals surface area contributed by atoms with Crippen LogP contribution in [0.3, 0.4) is 0 Å². The molecule has 0 aromatic heterocycles. The van der Waals surface area contributed by atoms with E-state index in [9.17, 15) is 18.0 Å². The zero-order valence-corrected chi connectivity index (χ0v) is 16.3. The number of carbonyl (C=O) groups is 2. The lowest BCUT2D eigenvalue weighted by Crippen LogP contribution is -2.37. The van der Waals surface area contributed by atoms with Gasteiger partial charge in [-0.2, -0.15) is 0 Å². The predicted octanol–water partition coefficient (Wildman–Crippen LogP) is 2.31. The van der Waals surface area contributed by atoms with Crippen molar-refractivity contribution >= 4 is 33.2 Å². The van der Waals surface area contributed by atoms with E-state index >= 15 is 0 Å². The number of amides is 2. The molecule has 0 spiro atoms. The molecule has 0 radical (unpaired) electrons. The maximum absolute atomic E-state index is 12.3. The second-order valence-corrected chi connectivity index (χ2v) is 8.41. The molecule has 2 rings (SSSR count). The maximum Gasteiger partial charge on any atom is 0.248 e. The molecule has 0 aliphatic carbocycles. The summed E-state index contributed by atoms with van der Waals surface area (Å²) in [4.78, 5) is 23.4. The number of rotatable bonds is 7. The summed E-state index contributed by atoms with van der Waals surface area (Å²) in [5.74, 6) is -0.751. The fourth-order valence-electron chi connectivity index (χ4n) is 2.47. The molecule has 0 unspecified atom stereocenters. The van der Waals surface area contributed by atoms with E-state index in [0.29, 0.717) is 22.9 Å². The number of carbonyl (C=O) groups excluding carboxylic acids is 2. The molecule has 27 heavy (non-hydrogen) atoms. The minimum absolute atomic E-state index is 0.316. The SMILES string of the molecule is CC(C)c1ccc(N(CC(=O)Nc2ccc(C(N)=O)cc2)S(C)(=O)=O)cc1. The standard InChI is InChI=1S/C19H23N3O4S/c1-13(2)14-6-10-17(11-7-14)22(27(3,25)26)12-18(23)21-16-8-4-15(5-9-16)19(20)24/h4-11,13H,12H2,1-3H3,(H2,20,24)(H,21,23). The molecule has 7 nitrogen and oxygen atoms in total. The van der Waals surface area contributed by atoms with Gasteiger partial charge < -0.3 is 11.1 Å². The van der Waals surface area contributed by atoms with Gasteiger partial charge in [0.25, 0.3) is 0 Å². The lowest BCUT2D eigenvalue weighted by Gasteiger charge is -2.22. The summed E-state index contributed by atoms with van der Waals surface area (Å²) in [7, 11) is -3.65. The maximum atomic E-state index is 12.3. The van der Waals surface area contributed by atoms with Gasteiger partial charge in [0, 0.05) is 11.3 Å². The Labute approximate surface area is 159 Å². The van der Waals surface area contributed by atoms with Crippen molar-refractivity contribution in [3.63, 3.8) is 0 Å². The molecule has 2 aromatic rings. The topological polar surface area (TPSA) is 110 Å². The summed E-state index contributed by atoms with van der Waals surface area (Å²) in [6.07, 6.45) is 1.05. The van der Waals surface area contributed by atoms with Crippen LogP contribution in [-0.4, -0.2) is 33.0 Å². The van der Waals surface area contributed by atoms with Crippen LogP contribution in [0.5, 0.6) is 0 Å². The van der Waals surface area contributed by atoms with E-state index in [0.717, 1.165) is 16.1 Å². The molecule has 8 heteroatoms. The normalized spacial score (nSPS) is 11.3. The van der Waals surface area contributed by atoms with Crippen LogP contribution in [0.4, 0.5) is 11.4 Å². The van der Waals surface area contributed by atoms with Crippen LogP contribution in [0.2, 0.25) is 0 Å². The first kappa shape index (κ1) is 20.4. The van der Waals surface area contributed by atoms with E-state index in [1.807, 2.05) is 26.0 Å². The third-order valence-electron chi connectivity index (χ3n) is 3.99. The van der Waals surface area contributed by atoms with Crippen LogP contribution in [0.25, 0.3) is 0 Å². The van der Waals surface area contributed by atoms with Gasteiger partial charge in [-0.1, -0.05) is 26.0 Å². The summed E-state index contributed by atoms with van der Waals surface area (Å²) >= 11 is 0. The molecular weight excluding hydrogens is 366 g/mol. The number of primary amides is 1.